The van der Waals surface area contributed by atoms with Gasteiger partial charge in [-0.1, -0.05) is 25.1 Å². The number of ether oxygens (including phenoxy) is 2. The molecule has 1 heterocycles. The summed E-state index contributed by atoms with van der Waals surface area (Å²) in [6.45, 7) is 4.19. The van der Waals surface area contributed by atoms with Crippen LogP contribution in [0, 0.1) is 17.2 Å². The average molecular weight is 336 g/mol. The van der Waals surface area contributed by atoms with Gasteiger partial charge in [0.2, 0.25) is 0 Å². The molecule has 130 valence electrons. The van der Waals surface area contributed by atoms with Gasteiger partial charge in [-0.05, 0) is 48.2 Å². The Balaban J connectivity index is 2.15. The van der Waals surface area contributed by atoms with Crippen molar-refractivity contribution in [3.8, 4) is 28.7 Å². The number of nitrogens with zero attached hydrogens (tertiary/aromatic N) is 1. The molecular weight excluding hydrogens is 312 g/mol. The lowest BCUT2D eigenvalue weighted by atomic mass is 9.81. The predicted octanol–water partition coefficient (Wildman–Crippen LogP) is 3.96. The topological polar surface area (TPSA) is 54.3 Å². The van der Waals surface area contributed by atoms with Crippen LogP contribution in [0.2, 0.25) is 0 Å². The summed E-state index contributed by atoms with van der Waals surface area (Å²) in [7, 11) is 3.32. The Morgan fingerprint density at radius 1 is 1.04 bits per heavy atom. The van der Waals surface area contributed by atoms with Gasteiger partial charge in [-0.15, -0.1) is 0 Å². The van der Waals surface area contributed by atoms with Crippen molar-refractivity contribution in [2.75, 3.05) is 27.3 Å². The maximum Gasteiger partial charge on any atom is 0.140 e. The lowest BCUT2D eigenvalue weighted by Gasteiger charge is -2.31. The van der Waals surface area contributed by atoms with E-state index in [-0.39, 0.29) is 0 Å². The molecule has 1 aliphatic heterocycles. The van der Waals surface area contributed by atoms with Crippen LogP contribution in [-0.2, 0) is 0 Å². The fourth-order valence-electron chi connectivity index (χ4n) is 3.71. The van der Waals surface area contributed by atoms with Crippen LogP contribution in [0.15, 0.2) is 36.4 Å². The molecule has 0 bridgehead atoms. The first-order valence-corrected chi connectivity index (χ1v) is 8.64. The predicted molar refractivity (Wildman–Crippen MR) is 99.1 cm³/mol. The molecule has 4 nitrogen and oxygen atoms in total. The van der Waals surface area contributed by atoms with Gasteiger partial charge in [0.05, 0.1) is 19.8 Å². The monoisotopic (exact) mass is 336 g/mol. The average Bonchev–Trinajstić information content (AvgIpc) is 2.66. The number of nitrogens with one attached hydrogen (secondary N) is 1. The summed E-state index contributed by atoms with van der Waals surface area (Å²) in [4.78, 5) is 0. The molecule has 0 amide bonds. The van der Waals surface area contributed by atoms with Crippen LogP contribution in [-0.4, -0.2) is 27.3 Å². The third-order valence-electron chi connectivity index (χ3n) is 4.90. The molecule has 2 atom stereocenters. The van der Waals surface area contributed by atoms with Crippen LogP contribution in [0.3, 0.4) is 0 Å². The molecule has 2 aromatic rings. The first kappa shape index (κ1) is 17.3. The number of rotatable bonds is 4. The zero-order valence-electron chi connectivity index (χ0n) is 15.0. The van der Waals surface area contributed by atoms with E-state index in [0.29, 0.717) is 23.1 Å². The first-order valence-electron chi connectivity index (χ1n) is 8.64. The van der Waals surface area contributed by atoms with E-state index in [9.17, 15) is 5.26 Å². The zero-order chi connectivity index (χ0) is 17.8. The number of benzene rings is 2. The van der Waals surface area contributed by atoms with E-state index in [0.717, 1.165) is 42.0 Å². The largest absolute Gasteiger partial charge is 0.497 e. The molecule has 2 unspecified atom stereocenters. The highest BCUT2D eigenvalue weighted by molar-refractivity contribution is 5.74. The van der Waals surface area contributed by atoms with Crippen molar-refractivity contribution in [3.63, 3.8) is 0 Å². The van der Waals surface area contributed by atoms with Gasteiger partial charge in [-0.2, -0.15) is 5.26 Å². The van der Waals surface area contributed by atoms with Crippen molar-refractivity contribution in [2.45, 2.75) is 19.3 Å². The Labute approximate surface area is 149 Å². The van der Waals surface area contributed by atoms with Crippen molar-refractivity contribution < 1.29 is 9.47 Å². The van der Waals surface area contributed by atoms with Crippen LogP contribution in [0.4, 0.5) is 0 Å². The van der Waals surface area contributed by atoms with Gasteiger partial charge in [0.1, 0.15) is 17.6 Å². The highest BCUT2D eigenvalue weighted by atomic mass is 16.5. The smallest absolute Gasteiger partial charge is 0.140 e. The van der Waals surface area contributed by atoms with Gasteiger partial charge in [0, 0.05) is 18.0 Å². The van der Waals surface area contributed by atoms with Crippen molar-refractivity contribution in [3.05, 3.63) is 47.5 Å². The lowest BCUT2D eigenvalue weighted by molar-refractivity contribution is 0.349. The molecule has 2 aromatic carbocycles. The molecule has 4 heteroatoms. The quantitative estimate of drug-likeness (QED) is 0.918. The summed E-state index contributed by atoms with van der Waals surface area (Å²) in [5.74, 6) is 2.46. The minimum atomic E-state index is 0.323. The highest BCUT2D eigenvalue weighted by Crippen LogP contribution is 2.42. The fourth-order valence-corrected chi connectivity index (χ4v) is 3.71. The van der Waals surface area contributed by atoms with E-state index in [2.05, 4.69) is 30.4 Å². The standard InChI is InChI=1S/C21H24N2O2/c1-14-10-17(13-23-12-14)20-19(9-6-16(11-22)21(20)25-3)15-4-7-18(24-2)8-5-15/h4-9,14,17,23H,10,12-13H2,1-3H3. The Bertz CT molecular complexity index is 778. The summed E-state index contributed by atoms with van der Waals surface area (Å²) < 4.78 is 11.0. The second-order valence-corrected chi connectivity index (χ2v) is 6.64. The minimum absolute atomic E-state index is 0.323. The molecule has 1 N–H and O–H groups in total. The number of hydrogen-bond donors (Lipinski definition) is 1. The summed E-state index contributed by atoms with van der Waals surface area (Å²) in [5.41, 5.74) is 3.95. The second-order valence-electron chi connectivity index (χ2n) is 6.64. The maximum absolute atomic E-state index is 9.49. The number of nitriles is 1. The van der Waals surface area contributed by atoms with Crippen LogP contribution < -0.4 is 14.8 Å². The molecule has 3 rings (SSSR count). The number of hydrogen-bond acceptors (Lipinski definition) is 4. The van der Waals surface area contributed by atoms with Gasteiger partial charge in [-0.25, -0.2) is 0 Å². The van der Waals surface area contributed by atoms with Crippen molar-refractivity contribution >= 4 is 0 Å². The van der Waals surface area contributed by atoms with E-state index < -0.39 is 0 Å². The number of piperidine rings is 1. The lowest BCUT2D eigenvalue weighted by Crippen LogP contribution is -2.34. The van der Waals surface area contributed by atoms with Crippen LogP contribution in [0.25, 0.3) is 11.1 Å². The highest BCUT2D eigenvalue weighted by Gasteiger charge is 2.27. The van der Waals surface area contributed by atoms with Crippen molar-refractivity contribution in [1.82, 2.24) is 5.32 Å². The van der Waals surface area contributed by atoms with E-state index in [1.807, 2.05) is 24.3 Å². The fraction of sp³-hybridized carbons (Fsp3) is 0.381. The van der Waals surface area contributed by atoms with Gasteiger partial charge in [0.15, 0.2) is 0 Å². The molecular formula is C21H24N2O2. The molecule has 25 heavy (non-hydrogen) atoms. The van der Waals surface area contributed by atoms with E-state index in [1.54, 1.807) is 14.2 Å². The summed E-state index contributed by atoms with van der Waals surface area (Å²) in [6.07, 6.45) is 1.08. The summed E-state index contributed by atoms with van der Waals surface area (Å²) in [6, 6.07) is 14.2. The summed E-state index contributed by atoms with van der Waals surface area (Å²) in [5, 5.41) is 13.0. The molecule has 0 aliphatic carbocycles. The third kappa shape index (κ3) is 3.47. The van der Waals surface area contributed by atoms with Gasteiger partial charge < -0.3 is 14.8 Å². The maximum atomic E-state index is 9.49. The van der Waals surface area contributed by atoms with E-state index in [1.165, 1.54) is 0 Å². The van der Waals surface area contributed by atoms with E-state index >= 15 is 0 Å². The Kier molecular flexibility index (Phi) is 5.25. The van der Waals surface area contributed by atoms with Gasteiger partial charge in [-0.3, -0.25) is 0 Å². The van der Waals surface area contributed by atoms with Crippen molar-refractivity contribution in [2.24, 2.45) is 5.92 Å². The van der Waals surface area contributed by atoms with Gasteiger partial charge >= 0.3 is 0 Å². The SMILES string of the molecule is COc1ccc(-c2ccc(C#N)c(OC)c2C2CNCC(C)C2)cc1. The molecule has 0 aromatic heterocycles. The zero-order valence-corrected chi connectivity index (χ0v) is 15.0. The van der Waals surface area contributed by atoms with E-state index in [4.69, 9.17) is 9.47 Å². The van der Waals surface area contributed by atoms with Gasteiger partial charge in [0.25, 0.3) is 0 Å². The van der Waals surface area contributed by atoms with Crippen LogP contribution in [0.1, 0.15) is 30.4 Å². The Hall–Kier alpha value is -2.51. The molecule has 0 spiro atoms. The molecule has 1 fully saturated rings. The Morgan fingerprint density at radius 2 is 1.80 bits per heavy atom. The van der Waals surface area contributed by atoms with Crippen molar-refractivity contribution in [1.29, 1.82) is 5.26 Å². The second kappa shape index (κ2) is 7.58. The minimum Gasteiger partial charge on any atom is -0.497 e. The Morgan fingerprint density at radius 3 is 2.40 bits per heavy atom. The van der Waals surface area contributed by atoms with Crippen LogP contribution in [0.5, 0.6) is 11.5 Å². The molecule has 0 radical (unpaired) electrons. The van der Waals surface area contributed by atoms with Crippen LogP contribution >= 0.6 is 0 Å². The molecule has 1 saturated heterocycles. The number of methoxy groups -OCH3 is 2. The normalized spacial score (nSPS) is 19.9. The summed E-state index contributed by atoms with van der Waals surface area (Å²) >= 11 is 0. The first-order chi connectivity index (χ1) is 12.2. The molecule has 0 saturated carbocycles. The molecule has 1 aliphatic rings. The third-order valence-corrected chi connectivity index (χ3v) is 4.90.